The van der Waals surface area contributed by atoms with Gasteiger partial charge in [-0.25, -0.2) is 4.39 Å². The van der Waals surface area contributed by atoms with E-state index in [1.165, 1.54) is 36.4 Å². The molecule has 0 aliphatic carbocycles. The first-order valence-electron chi connectivity index (χ1n) is 9.43. The Hall–Kier alpha value is -3.68. The molecule has 3 aromatic rings. The van der Waals surface area contributed by atoms with E-state index in [0.29, 0.717) is 24.4 Å². The van der Waals surface area contributed by atoms with Crippen molar-refractivity contribution >= 4 is 5.91 Å². The molecule has 30 heavy (non-hydrogen) atoms. The minimum absolute atomic E-state index is 0.113. The number of nitrogens with one attached hydrogen (secondary N) is 1. The number of amides is 1. The van der Waals surface area contributed by atoms with Crippen molar-refractivity contribution in [2.45, 2.75) is 26.0 Å². The summed E-state index contributed by atoms with van der Waals surface area (Å²) in [4.78, 5) is 24.7. The molecule has 1 unspecified atom stereocenters. The van der Waals surface area contributed by atoms with E-state index in [1.54, 1.807) is 7.11 Å². The highest BCUT2D eigenvalue weighted by Crippen LogP contribution is 2.14. The predicted octanol–water partition coefficient (Wildman–Crippen LogP) is 2.85. The molecule has 1 aromatic heterocycles. The molecule has 1 heterocycles. The van der Waals surface area contributed by atoms with Crippen LogP contribution in [-0.4, -0.2) is 28.9 Å². The summed E-state index contributed by atoms with van der Waals surface area (Å²) in [7, 11) is 1.58. The molecule has 8 heteroatoms. The van der Waals surface area contributed by atoms with Crippen molar-refractivity contribution in [1.29, 1.82) is 0 Å². The lowest BCUT2D eigenvalue weighted by atomic mass is 10.2. The average Bonchev–Trinajstić information content (AvgIpc) is 2.77. The molecule has 0 radical (unpaired) electrons. The molecule has 1 N–H and O–H groups in total. The van der Waals surface area contributed by atoms with Crippen LogP contribution in [-0.2, 0) is 11.3 Å². The average molecular weight is 411 g/mol. The second-order valence-electron chi connectivity index (χ2n) is 6.48. The van der Waals surface area contributed by atoms with Gasteiger partial charge in [0.15, 0.2) is 6.10 Å². The second-order valence-corrected chi connectivity index (χ2v) is 6.48. The van der Waals surface area contributed by atoms with Gasteiger partial charge in [0.2, 0.25) is 5.88 Å². The monoisotopic (exact) mass is 411 g/mol. The zero-order valence-corrected chi connectivity index (χ0v) is 16.7. The molecule has 0 saturated carbocycles. The van der Waals surface area contributed by atoms with Crippen LogP contribution in [0.25, 0.3) is 5.69 Å². The van der Waals surface area contributed by atoms with E-state index in [9.17, 15) is 14.0 Å². The van der Waals surface area contributed by atoms with Crippen LogP contribution in [0.15, 0.2) is 65.5 Å². The molecular formula is C22H22FN3O4. The van der Waals surface area contributed by atoms with Gasteiger partial charge >= 0.3 is 0 Å². The Morgan fingerprint density at radius 2 is 1.93 bits per heavy atom. The molecule has 0 bridgehead atoms. The molecule has 0 fully saturated rings. The highest BCUT2D eigenvalue weighted by molar-refractivity contribution is 5.81. The Bertz CT molecular complexity index is 1070. The number of benzene rings is 2. The van der Waals surface area contributed by atoms with E-state index in [-0.39, 0.29) is 11.8 Å². The molecule has 7 nitrogen and oxygen atoms in total. The third-order valence-electron chi connectivity index (χ3n) is 4.37. The lowest BCUT2D eigenvalue weighted by molar-refractivity contribution is -0.128. The summed E-state index contributed by atoms with van der Waals surface area (Å²) in [6, 6.07) is 15.4. The minimum atomic E-state index is -0.790. The predicted molar refractivity (Wildman–Crippen MR) is 109 cm³/mol. The Morgan fingerprint density at radius 3 is 2.63 bits per heavy atom. The summed E-state index contributed by atoms with van der Waals surface area (Å²) < 4.78 is 25.1. The summed E-state index contributed by atoms with van der Waals surface area (Å²) >= 11 is 0. The quantitative estimate of drug-likeness (QED) is 0.616. The van der Waals surface area contributed by atoms with E-state index >= 15 is 0 Å². The van der Waals surface area contributed by atoms with Gasteiger partial charge < -0.3 is 14.8 Å². The standard InChI is InChI=1S/C22H22FN3O4/c1-3-19(22(28)24-14-15-5-4-6-18(13-15)29-2)30-20-11-12-21(27)26(25-20)17-9-7-16(23)8-10-17/h4-13,19H,3,14H2,1-2H3,(H,24,28). The molecule has 0 spiro atoms. The van der Waals surface area contributed by atoms with Gasteiger partial charge in [0, 0.05) is 18.7 Å². The maximum Gasteiger partial charge on any atom is 0.271 e. The van der Waals surface area contributed by atoms with Crippen LogP contribution >= 0.6 is 0 Å². The van der Waals surface area contributed by atoms with Gasteiger partial charge in [0.05, 0.1) is 12.8 Å². The van der Waals surface area contributed by atoms with Gasteiger partial charge in [-0.3, -0.25) is 9.59 Å². The highest BCUT2D eigenvalue weighted by Gasteiger charge is 2.19. The van der Waals surface area contributed by atoms with E-state index in [0.717, 1.165) is 10.2 Å². The van der Waals surface area contributed by atoms with Gasteiger partial charge in [-0.1, -0.05) is 19.1 Å². The molecule has 0 aliphatic rings. The van der Waals surface area contributed by atoms with Gasteiger partial charge in [0.25, 0.3) is 11.5 Å². The molecule has 0 aliphatic heterocycles. The zero-order valence-electron chi connectivity index (χ0n) is 16.7. The second kappa shape index (κ2) is 9.69. The van der Waals surface area contributed by atoms with Crippen LogP contribution in [0.5, 0.6) is 11.6 Å². The van der Waals surface area contributed by atoms with Crippen LogP contribution in [0.1, 0.15) is 18.9 Å². The summed E-state index contributed by atoms with van der Waals surface area (Å²) in [6.45, 7) is 2.13. The topological polar surface area (TPSA) is 82.5 Å². The number of carbonyl (C=O) groups is 1. The number of methoxy groups -OCH3 is 1. The van der Waals surface area contributed by atoms with Gasteiger partial charge in [-0.05, 0) is 48.4 Å². The Balaban J connectivity index is 1.70. The molecule has 1 amide bonds. The van der Waals surface area contributed by atoms with Crippen molar-refractivity contribution < 1.29 is 18.7 Å². The fourth-order valence-electron chi connectivity index (χ4n) is 2.78. The summed E-state index contributed by atoms with van der Waals surface area (Å²) in [5, 5.41) is 6.97. The number of aromatic nitrogens is 2. The van der Waals surface area contributed by atoms with Gasteiger partial charge in [0.1, 0.15) is 11.6 Å². The maximum atomic E-state index is 13.1. The summed E-state index contributed by atoms with van der Waals surface area (Å²) in [5.74, 6) is 0.0965. The zero-order chi connectivity index (χ0) is 21.5. The fraction of sp³-hybridized carbons (Fsp3) is 0.227. The first-order chi connectivity index (χ1) is 14.5. The summed E-state index contributed by atoms with van der Waals surface area (Å²) in [5.41, 5.74) is 0.882. The smallest absolute Gasteiger partial charge is 0.271 e. The Labute approximate surface area is 173 Å². The van der Waals surface area contributed by atoms with Crippen LogP contribution < -0.4 is 20.3 Å². The van der Waals surface area contributed by atoms with Gasteiger partial charge in [-0.15, -0.1) is 5.10 Å². The number of rotatable bonds is 8. The van der Waals surface area contributed by atoms with Crippen molar-refractivity contribution in [3.8, 4) is 17.3 Å². The first kappa shape index (κ1) is 21.0. The van der Waals surface area contributed by atoms with Crippen LogP contribution in [0, 0.1) is 5.82 Å². The van der Waals surface area contributed by atoms with E-state index < -0.39 is 17.5 Å². The molecule has 0 saturated heterocycles. The number of ether oxygens (including phenoxy) is 2. The van der Waals surface area contributed by atoms with Crippen molar-refractivity contribution in [1.82, 2.24) is 15.1 Å². The SMILES string of the molecule is CCC(Oc1ccc(=O)n(-c2ccc(F)cc2)n1)C(=O)NCc1cccc(OC)c1. The maximum absolute atomic E-state index is 13.1. The van der Waals surface area contributed by atoms with Crippen LogP contribution in [0.4, 0.5) is 4.39 Å². The fourth-order valence-corrected chi connectivity index (χ4v) is 2.78. The molecule has 2 aromatic carbocycles. The molecule has 3 rings (SSSR count). The number of hydrogen-bond donors (Lipinski definition) is 1. The van der Waals surface area contributed by atoms with Crippen molar-refractivity contribution in [2.24, 2.45) is 0 Å². The largest absolute Gasteiger partial charge is 0.497 e. The number of halogens is 1. The van der Waals surface area contributed by atoms with Gasteiger partial charge in [-0.2, -0.15) is 4.68 Å². The van der Waals surface area contributed by atoms with Crippen molar-refractivity contribution in [2.75, 3.05) is 7.11 Å². The summed E-state index contributed by atoms with van der Waals surface area (Å²) in [6.07, 6.45) is -0.385. The number of carbonyl (C=O) groups excluding carboxylic acids is 1. The minimum Gasteiger partial charge on any atom is -0.497 e. The van der Waals surface area contributed by atoms with E-state index in [2.05, 4.69) is 10.4 Å². The number of nitrogens with zero attached hydrogens (tertiary/aromatic N) is 2. The molecule has 156 valence electrons. The normalized spacial score (nSPS) is 11.6. The lowest BCUT2D eigenvalue weighted by Gasteiger charge is -2.17. The van der Waals surface area contributed by atoms with E-state index in [4.69, 9.17) is 9.47 Å². The first-order valence-corrected chi connectivity index (χ1v) is 9.43. The van der Waals surface area contributed by atoms with Crippen molar-refractivity contribution in [3.63, 3.8) is 0 Å². The molecular weight excluding hydrogens is 389 g/mol. The van der Waals surface area contributed by atoms with E-state index in [1.807, 2.05) is 31.2 Å². The Kier molecular flexibility index (Phi) is 6.79. The highest BCUT2D eigenvalue weighted by atomic mass is 19.1. The molecule has 1 atom stereocenters. The van der Waals surface area contributed by atoms with Crippen LogP contribution in [0.3, 0.4) is 0 Å². The van der Waals surface area contributed by atoms with Crippen LogP contribution in [0.2, 0.25) is 0 Å². The third kappa shape index (κ3) is 5.22. The number of hydrogen-bond acceptors (Lipinski definition) is 5. The lowest BCUT2D eigenvalue weighted by Crippen LogP contribution is -2.38. The Morgan fingerprint density at radius 1 is 1.17 bits per heavy atom. The third-order valence-corrected chi connectivity index (χ3v) is 4.37. The van der Waals surface area contributed by atoms with Crippen molar-refractivity contribution in [3.05, 3.63) is 82.4 Å².